The molecule has 0 fully saturated rings. The summed E-state index contributed by atoms with van der Waals surface area (Å²) in [4.78, 5) is 16.4. The van der Waals surface area contributed by atoms with Crippen molar-refractivity contribution >= 4 is 23.2 Å². The lowest BCUT2D eigenvalue weighted by Gasteiger charge is -2.07. The van der Waals surface area contributed by atoms with Crippen molar-refractivity contribution in [2.45, 2.75) is 19.3 Å². The number of hydrogen-bond acceptors (Lipinski definition) is 6. The number of halogens is 2. The van der Waals surface area contributed by atoms with E-state index < -0.39 is 5.82 Å². The van der Waals surface area contributed by atoms with Crippen LogP contribution in [-0.4, -0.2) is 30.3 Å². The first-order chi connectivity index (χ1) is 14.0. The van der Waals surface area contributed by atoms with E-state index in [1.54, 1.807) is 32.4 Å². The van der Waals surface area contributed by atoms with Gasteiger partial charge in [0, 0.05) is 24.1 Å². The topological polar surface area (TPSA) is 86.5 Å². The lowest BCUT2D eigenvalue weighted by atomic mass is 10.2. The SMILES string of the molecule is COc1ccc(-c2noc(CCCC(=O)Nc3ccc(F)c(Cl)c3)n2)cc1OC. The number of amides is 1. The van der Waals surface area contributed by atoms with Gasteiger partial charge in [-0.15, -0.1) is 0 Å². The molecule has 29 heavy (non-hydrogen) atoms. The first-order valence-electron chi connectivity index (χ1n) is 8.80. The lowest BCUT2D eigenvalue weighted by molar-refractivity contribution is -0.116. The minimum absolute atomic E-state index is 0.0450. The fraction of sp³-hybridized carbons (Fsp3) is 0.250. The molecular weight excluding hydrogens is 401 g/mol. The van der Waals surface area contributed by atoms with Crippen LogP contribution in [0.25, 0.3) is 11.4 Å². The van der Waals surface area contributed by atoms with Crippen molar-refractivity contribution in [3.8, 4) is 22.9 Å². The molecule has 3 aromatic rings. The second-order valence-corrected chi connectivity index (χ2v) is 6.52. The highest BCUT2D eigenvalue weighted by Gasteiger charge is 2.13. The second-order valence-electron chi connectivity index (χ2n) is 6.11. The van der Waals surface area contributed by atoms with Gasteiger partial charge >= 0.3 is 0 Å². The molecule has 0 unspecified atom stereocenters. The molecule has 0 aliphatic carbocycles. The van der Waals surface area contributed by atoms with Crippen molar-refractivity contribution in [3.63, 3.8) is 0 Å². The molecule has 1 heterocycles. The van der Waals surface area contributed by atoms with Gasteiger partial charge < -0.3 is 19.3 Å². The summed E-state index contributed by atoms with van der Waals surface area (Å²) in [6, 6.07) is 9.34. The Morgan fingerprint density at radius 2 is 1.97 bits per heavy atom. The van der Waals surface area contributed by atoms with Gasteiger partial charge in [0.1, 0.15) is 5.82 Å². The summed E-state index contributed by atoms with van der Waals surface area (Å²) in [6.45, 7) is 0. The second kappa shape index (κ2) is 9.38. The molecule has 1 amide bonds. The summed E-state index contributed by atoms with van der Waals surface area (Å²) in [7, 11) is 3.11. The molecule has 0 aliphatic heterocycles. The van der Waals surface area contributed by atoms with Crippen LogP contribution >= 0.6 is 11.6 Å². The van der Waals surface area contributed by atoms with Crippen molar-refractivity contribution in [1.82, 2.24) is 10.1 Å². The Balaban J connectivity index is 1.54. The van der Waals surface area contributed by atoms with Gasteiger partial charge in [-0.1, -0.05) is 16.8 Å². The summed E-state index contributed by atoms with van der Waals surface area (Å²) in [5.74, 6) is 1.26. The largest absolute Gasteiger partial charge is 0.493 e. The summed E-state index contributed by atoms with van der Waals surface area (Å²) in [5, 5.41) is 6.59. The van der Waals surface area contributed by atoms with Gasteiger partial charge in [0.25, 0.3) is 0 Å². The Labute approximate surface area is 171 Å². The zero-order valence-electron chi connectivity index (χ0n) is 15.9. The Hall–Kier alpha value is -3.13. The molecule has 7 nitrogen and oxygen atoms in total. The minimum atomic E-state index is -0.536. The van der Waals surface area contributed by atoms with Crippen LogP contribution in [0.15, 0.2) is 40.9 Å². The third-order valence-corrected chi connectivity index (χ3v) is 4.40. The molecule has 152 valence electrons. The highest BCUT2D eigenvalue weighted by atomic mass is 35.5. The molecule has 0 aliphatic rings. The maximum Gasteiger partial charge on any atom is 0.226 e. The average molecular weight is 420 g/mol. The predicted molar refractivity (Wildman–Crippen MR) is 106 cm³/mol. The summed E-state index contributed by atoms with van der Waals surface area (Å²) >= 11 is 5.70. The number of carbonyl (C=O) groups is 1. The number of rotatable bonds is 8. The zero-order valence-corrected chi connectivity index (χ0v) is 16.6. The quantitative estimate of drug-likeness (QED) is 0.578. The van der Waals surface area contributed by atoms with E-state index in [0.29, 0.717) is 41.7 Å². The van der Waals surface area contributed by atoms with Gasteiger partial charge in [-0.05, 0) is 42.8 Å². The van der Waals surface area contributed by atoms with Crippen LogP contribution in [0.5, 0.6) is 11.5 Å². The monoisotopic (exact) mass is 419 g/mol. The van der Waals surface area contributed by atoms with E-state index >= 15 is 0 Å². The van der Waals surface area contributed by atoms with Crippen LogP contribution in [-0.2, 0) is 11.2 Å². The smallest absolute Gasteiger partial charge is 0.226 e. The molecule has 1 aromatic heterocycles. The molecule has 0 saturated heterocycles. The number of hydrogen-bond donors (Lipinski definition) is 1. The third kappa shape index (κ3) is 5.23. The van der Waals surface area contributed by atoms with Crippen molar-refractivity contribution in [2.24, 2.45) is 0 Å². The fourth-order valence-corrected chi connectivity index (χ4v) is 2.83. The molecule has 2 aromatic carbocycles. The van der Waals surface area contributed by atoms with E-state index in [1.807, 2.05) is 0 Å². The van der Waals surface area contributed by atoms with Gasteiger partial charge in [0.05, 0.1) is 19.2 Å². The highest BCUT2D eigenvalue weighted by molar-refractivity contribution is 6.31. The first kappa shape index (κ1) is 20.6. The molecule has 0 radical (unpaired) electrons. The number of anilines is 1. The Morgan fingerprint density at radius 1 is 1.17 bits per heavy atom. The average Bonchev–Trinajstić information content (AvgIpc) is 3.19. The zero-order chi connectivity index (χ0) is 20.8. The van der Waals surface area contributed by atoms with E-state index in [2.05, 4.69) is 15.5 Å². The fourth-order valence-electron chi connectivity index (χ4n) is 2.65. The molecule has 0 spiro atoms. The minimum Gasteiger partial charge on any atom is -0.493 e. The van der Waals surface area contributed by atoms with Gasteiger partial charge in [-0.3, -0.25) is 4.79 Å². The van der Waals surface area contributed by atoms with E-state index in [0.717, 1.165) is 5.56 Å². The number of aromatic nitrogens is 2. The summed E-state index contributed by atoms with van der Waals surface area (Å²) < 4.78 is 28.9. The van der Waals surface area contributed by atoms with Crippen LogP contribution in [0.4, 0.5) is 10.1 Å². The first-order valence-corrected chi connectivity index (χ1v) is 9.18. The molecule has 1 N–H and O–H groups in total. The number of nitrogens with one attached hydrogen (secondary N) is 1. The molecular formula is C20H19ClFN3O4. The molecule has 0 bridgehead atoms. The number of benzene rings is 2. The maximum absolute atomic E-state index is 13.2. The van der Waals surface area contributed by atoms with E-state index in [1.165, 1.54) is 18.2 Å². The Morgan fingerprint density at radius 3 is 2.69 bits per heavy atom. The summed E-state index contributed by atoms with van der Waals surface area (Å²) in [6.07, 6.45) is 1.19. The maximum atomic E-state index is 13.2. The van der Waals surface area contributed by atoms with Crippen LogP contribution in [0, 0.1) is 5.82 Å². The van der Waals surface area contributed by atoms with Crippen molar-refractivity contribution < 1.29 is 23.2 Å². The van der Waals surface area contributed by atoms with Crippen molar-refractivity contribution in [1.29, 1.82) is 0 Å². The van der Waals surface area contributed by atoms with Crippen LogP contribution in [0.1, 0.15) is 18.7 Å². The number of carbonyl (C=O) groups excluding carboxylic acids is 1. The molecule has 3 rings (SSSR count). The van der Waals surface area contributed by atoms with Crippen molar-refractivity contribution in [3.05, 3.63) is 53.1 Å². The van der Waals surface area contributed by atoms with Crippen molar-refractivity contribution in [2.75, 3.05) is 19.5 Å². The standard InChI is InChI=1S/C20H19ClFN3O4/c1-27-16-9-6-12(10-17(16)28-2)20-24-19(29-25-20)5-3-4-18(26)23-13-7-8-15(22)14(21)11-13/h6-11H,3-5H2,1-2H3,(H,23,26). The highest BCUT2D eigenvalue weighted by Crippen LogP contribution is 2.31. The van der Waals surface area contributed by atoms with Gasteiger partial charge in [0.2, 0.25) is 17.6 Å². The molecule has 0 saturated carbocycles. The predicted octanol–water partition coefficient (Wildman–Crippen LogP) is 4.51. The summed E-state index contributed by atoms with van der Waals surface area (Å²) in [5.41, 5.74) is 1.17. The molecule has 9 heteroatoms. The van der Waals surface area contributed by atoms with E-state index in [9.17, 15) is 9.18 Å². The third-order valence-electron chi connectivity index (χ3n) is 4.11. The number of nitrogens with zero attached hydrogens (tertiary/aromatic N) is 2. The van der Waals surface area contributed by atoms with Gasteiger partial charge in [-0.25, -0.2) is 4.39 Å². The normalized spacial score (nSPS) is 10.6. The van der Waals surface area contributed by atoms with E-state index in [-0.39, 0.29) is 17.4 Å². The number of methoxy groups -OCH3 is 2. The number of aryl methyl sites for hydroxylation is 1. The van der Waals surface area contributed by atoms with Crippen LogP contribution in [0.3, 0.4) is 0 Å². The van der Waals surface area contributed by atoms with Crippen LogP contribution < -0.4 is 14.8 Å². The number of ether oxygens (including phenoxy) is 2. The van der Waals surface area contributed by atoms with Gasteiger partial charge in [-0.2, -0.15) is 4.98 Å². The van der Waals surface area contributed by atoms with Crippen LogP contribution in [0.2, 0.25) is 5.02 Å². The van der Waals surface area contributed by atoms with E-state index in [4.69, 9.17) is 25.6 Å². The van der Waals surface area contributed by atoms with Gasteiger partial charge in [0.15, 0.2) is 11.5 Å². The Kier molecular flexibility index (Phi) is 6.66. The lowest BCUT2D eigenvalue weighted by Crippen LogP contribution is -2.11. The molecule has 0 atom stereocenters. The Bertz CT molecular complexity index is 1010.